The van der Waals surface area contributed by atoms with E-state index in [0.29, 0.717) is 18.9 Å². The van der Waals surface area contributed by atoms with Crippen molar-refractivity contribution < 1.29 is 27.9 Å². The van der Waals surface area contributed by atoms with Crippen LogP contribution in [0.1, 0.15) is 31.2 Å². The Bertz CT molecular complexity index is 683. The molecule has 1 aliphatic rings. The third kappa shape index (κ3) is 4.04. The van der Waals surface area contributed by atoms with Crippen molar-refractivity contribution in [2.24, 2.45) is 0 Å². The van der Waals surface area contributed by atoms with E-state index in [4.69, 9.17) is 11.6 Å². The number of hydrogen-bond donors (Lipinski definition) is 1. The lowest BCUT2D eigenvalue weighted by molar-refractivity contribution is -0.299. The van der Waals surface area contributed by atoms with Gasteiger partial charge in [-0.05, 0) is 49.5 Å². The number of amides is 1. The molecule has 1 aliphatic carbocycles. The van der Waals surface area contributed by atoms with Gasteiger partial charge in [-0.25, -0.2) is 0 Å². The van der Waals surface area contributed by atoms with Crippen molar-refractivity contribution in [3.8, 4) is 0 Å². The van der Waals surface area contributed by atoms with Crippen molar-refractivity contribution in [2.45, 2.75) is 31.9 Å². The van der Waals surface area contributed by atoms with E-state index in [-0.39, 0.29) is 34.7 Å². The van der Waals surface area contributed by atoms with Gasteiger partial charge in [-0.1, -0.05) is 11.6 Å². The fourth-order valence-electron chi connectivity index (χ4n) is 2.38. The average Bonchev–Trinajstić information content (AvgIpc) is 2.48. The van der Waals surface area contributed by atoms with Crippen LogP contribution in [0.5, 0.6) is 0 Å². The molecular weight excluding hydrogens is 335 g/mol. The fourth-order valence-corrected chi connectivity index (χ4v) is 2.54. The molecule has 1 aromatic carbocycles. The maximum absolute atomic E-state index is 12.7. The fraction of sp³-hybridized carbons (Fsp3) is 0.333. The summed E-state index contributed by atoms with van der Waals surface area (Å²) in [5.74, 6) is -2.21. The SMILES string of the molecule is O=C([O-])C1=C(C(=O)Nc2cc(C(F)(F)F)ccc2Cl)CCCC1. The van der Waals surface area contributed by atoms with Gasteiger partial charge in [0, 0.05) is 5.57 Å². The quantitative estimate of drug-likeness (QED) is 0.915. The van der Waals surface area contributed by atoms with Gasteiger partial charge in [0.1, 0.15) is 0 Å². The Kier molecular flexibility index (Phi) is 4.99. The van der Waals surface area contributed by atoms with Gasteiger partial charge in [0.2, 0.25) is 0 Å². The van der Waals surface area contributed by atoms with Crippen molar-refractivity contribution in [3.05, 3.63) is 39.9 Å². The highest BCUT2D eigenvalue weighted by Gasteiger charge is 2.31. The molecule has 124 valence electrons. The number of alkyl halides is 3. The van der Waals surface area contributed by atoms with E-state index in [0.717, 1.165) is 12.1 Å². The van der Waals surface area contributed by atoms with Crippen LogP contribution in [0.25, 0.3) is 0 Å². The number of rotatable bonds is 3. The first-order valence-electron chi connectivity index (χ1n) is 6.81. The highest BCUT2D eigenvalue weighted by molar-refractivity contribution is 6.34. The zero-order valence-corrected chi connectivity index (χ0v) is 12.6. The Balaban J connectivity index is 2.31. The Morgan fingerprint density at radius 2 is 1.74 bits per heavy atom. The zero-order chi connectivity index (χ0) is 17.2. The van der Waals surface area contributed by atoms with Gasteiger partial charge < -0.3 is 15.2 Å². The van der Waals surface area contributed by atoms with Crippen molar-refractivity contribution in [1.29, 1.82) is 0 Å². The molecule has 0 heterocycles. The molecule has 0 saturated carbocycles. The maximum atomic E-state index is 12.7. The molecule has 0 bridgehead atoms. The predicted octanol–water partition coefficient (Wildman–Crippen LogP) is 2.92. The Morgan fingerprint density at radius 1 is 1.13 bits per heavy atom. The monoisotopic (exact) mass is 346 g/mol. The van der Waals surface area contributed by atoms with Crippen molar-refractivity contribution >= 4 is 29.2 Å². The summed E-state index contributed by atoms with van der Waals surface area (Å²) in [4.78, 5) is 23.2. The molecule has 0 fully saturated rings. The number of carboxylic acid groups (broad SMARTS) is 1. The van der Waals surface area contributed by atoms with E-state index in [2.05, 4.69) is 5.32 Å². The first-order valence-corrected chi connectivity index (χ1v) is 7.19. The summed E-state index contributed by atoms with van der Waals surface area (Å²) in [5, 5.41) is 13.2. The smallest absolute Gasteiger partial charge is 0.416 e. The van der Waals surface area contributed by atoms with Crippen molar-refractivity contribution in [3.63, 3.8) is 0 Å². The molecule has 1 amide bonds. The second-order valence-electron chi connectivity index (χ2n) is 5.10. The second-order valence-corrected chi connectivity index (χ2v) is 5.51. The minimum Gasteiger partial charge on any atom is -0.545 e. The number of carbonyl (C=O) groups excluding carboxylic acids is 2. The standard InChI is InChI=1S/C15H13ClF3NO3/c16-11-6-5-8(15(17,18)19)7-12(11)20-13(21)9-3-1-2-4-10(9)14(22)23/h5-7H,1-4H2,(H,20,21)(H,22,23)/p-1. The van der Waals surface area contributed by atoms with Crippen molar-refractivity contribution in [1.82, 2.24) is 0 Å². The Morgan fingerprint density at radius 3 is 2.30 bits per heavy atom. The van der Waals surface area contributed by atoms with Gasteiger partial charge in [0.15, 0.2) is 0 Å². The number of halogens is 4. The largest absolute Gasteiger partial charge is 0.545 e. The number of carbonyl (C=O) groups is 2. The van der Waals surface area contributed by atoms with Crippen LogP contribution in [0.2, 0.25) is 5.02 Å². The number of aliphatic carboxylic acids is 1. The van der Waals surface area contributed by atoms with Crippen LogP contribution in [0.4, 0.5) is 18.9 Å². The maximum Gasteiger partial charge on any atom is 0.416 e. The molecule has 0 atom stereocenters. The molecule has 2 rings (SSSR count). The van der Waals surface area contributed by atoms with Gasteiger partial charge >= 0.3 is 6.18 Å². The number of benzene rings is 1. The lowest BCUT2D eigenvalue weighted by Gasteiger charge is -2.21. The van der Waals surface area contributed by atoms with Gasteiger partial charge in [-0.15, -0.1) is 0 Å². The van der Waals surface area contributed by atoms with Crippen molar-refractivity contribution in [2.75, 3.05) is 5.32 Å². The molecule has 8 heteroatoms. The predicted molar refractivity (Wildman–Crippen MR) is 75.6 cm³/mol. The number of hydrogen-bond acceptors (Lipinski definition) is 3. The van der Waals surface area contributed by atoms with Gasteiger partial charge in [-0.2, -0.15) is 13.2 Å². The third-order valence-corrected chi connectivity index (χ3v) is 3.86. The highest BCUT2D eigenvalue weighted by Crippen LogP contribution is 2.34. The van der Waals surface area contributed by atoms with E-state index < -0.39 is 23.6 Å². The second kappa shape index (κ2) is 6.62. The van der Waals surface area contributed by atoms with E-state index >= 15 is 0 Å². The minimum absolute atomic E-state index is 0.0183. The molecular formula is C15H12ClF3NO3-. The molecule has 4 nitrogen and oxygen atoms in total. The van der Waals surface area contributed by atoms with Gasteiger partial charge in [-0.3, -0.25) is 4.79 Å². The van der Waals surface area contributed by atoms with E-state index in [9.17, 15) is 27.9 Å². The van der Waals surface area contributed by atoms with Crippen LogP contribution in [0.3, 0.4) is 0 Å². The van der Waals surface area contributed by atoms with E-state index in [1.807, 2.05) is 0 Å². The molecule has 0 spiro atoms. The normalized spacial score (nSPS) is 15.5. The number of carboxylic acids is 1. The van der Waals surface area contributed by atoms with E-state index in [1.165, 1.54) is 0 Å². The molecule has 0 unspecified atom stereocenters. The van der Waals surface area contributed by atoms with Gasteiger partial charge in [0.25, 0.3) is 5.91 Å². The number of anilines is 1. The molecule has 1 aromatic rings. The van der Waals surface area contributed by atoms with Crippen LogP contribution in [-0.2, 0) is 15.8 Å². The lowest BCUT2D eigenvalue weighted by Crippen LogP contribution is -2.30. The zero-order valence-electron chi connectivity index (χ0n) is 11.8. The Hall–Kier alpha value is -2.02. The van der Waals surface area contributed by atoms with Crippen LogP contribution in [-0.4, -0.2) is 11.9 Å². The summed E-state index contributed by atoms with van der Waals surface area (Å²) in [6, 6.07) is 2.53. The lowest BCUT2D eigenvalue weighted by atomic mass is 9.91. The summed E-state index contributed by atoms with van der Waals surface area (Å²) in [6.07, 6.45) is -2.92. The molecule has 1 N–H and O–H groups in total. The highest BCUT2D eigenvalue weighted by atomic mass is 35.5. The van der Waals surface area contributed by atoms with E-state index in [1.54, 1.807) is 0 Å². The van der Waals surface area contributed by atoms with Crippen LogP contribution in [0, 0.1) is 0 Å². The molecule has 0 aliphatic heterocycles. The van der Waals surface area contributed by atoms with Crippen LogP contribution >= 0.6 is 11.6 Å². The Labute approximate surface area is 134 Å². The first kappa shape index (κ1) is 17.3. The molecule has 0 saturated heterocycles. The molecule has 0 aromatic heterocycles. The summed E-state index contributed by atoms with van der Waals surface area (Å²) in [6.45, 7) is 0. The molecule has 0 radical (unpaired) electrons. The minimum atomic E-state index is -4.58. The molecule has 23 heavy (non-hydrogen) atoms. The van der Waals surface area contributed by atoms with Crippen LogP contribution < -0.4 is 10.4 Å². The van der Waals surface area contributed by atoms with Crippen LogP contribution in [0.15, 0.2) is 29.3 Å². The topological polar surface area (TPSA) is 69.2 Å². The summed E-state index contributed by atoms with van der Waals surface area (Å²) in [7, 11) is 0. The number of nitrogens with one attached hydrogen (secondary N) is 1. The first-order chi connectivity index (χ1) is 10.7. The summed E-state index contributed by atoms with van der Waals surface area (Å²) in [5.41, 5.74) is -1.28. The van der Waals surface area contributed by atoms with Gasteiger partial charge in [0.05, 0.1) is 22.2 Å². The summed E-state index contributed by atoms with van der Waals surface area (Å²) < 4.78 is 38.1. The third-order valence-electron chi connectivity index (χ3n) is 3.53. The average molecular weight is 347 g/mol. The summed E-state index contributed by atoms with van der Waals surface area (Å²) >= 11 is 5.80.